The second kappa shape index (κ2) is 4.25. The van der Waals surface area contributed by atoms with Crippen LogP contribution in [0.4, 0.5) is 5.69 Å². The predicted octanol–water partition coefficient (Wildman–Crippen LogP) is 0.742. The van der Waals surface area contributed by atoms with Gasteiger partial charge in [0.1, 0.15) is 0 Å². The Balaban J connectivity index is 2.14. The molecule has 1 atom stereocenters. The fourth-order valence-corrected chi connectivity index (χ4v) is 2.07. The molecule has 5 heteroatoms. The summed E-state index contributed by atoms with van der Waals surface area (Å²) < 4.78 is 0. The molecule has 1 saturated heterocycles. The summed E-state index contributed by atoms with van der Waals surface area (Å²) in [5, 5.41) is 21.4. The number of anilines is 1. The number of amidine groups is 1. The molecule has 1 aliphatic heterocycles. The molecule has 1 aromatic carbocycles. The Hall–Kier alpha value is -1.75. The van der Waals surface area contributed by atoms with Gasteiger partial charge in [0, 0.05) is 24.3 Å². The number of nitrogens with zero attached hydrogens (tertiary/aromatic N) is 2. The Morgan fingerprint density at radius 3 is 2.53 bits per heavy atom. The summed E-state index contributed by atoms with van der Waals surface area (Å²) in [5.41, 5.74) is 6.60. The van der Waals surface area contributed by atoms with Gasteiger partial charge >= 0.3 is 0 Å². The highest BCUT2D eigenvalue weighted by Gasteiger charge is 2.31. The number of nitrogens with two attached hydrogens (primary N) is 1. The summed E-state index contributed by atoms with van der Waals surface area (Å²) in [4.78, 5) is 2.12. The van der Waals surface area contributed by atoms with Gasteiger partial charge in [-0.15, -0.1) is 0 Å². The molecule has 1 heterocycles. The van der Waals surface area contributed by atoms with E-state index in [-0.39, 0.29) is 5.84 Å². The maximum atomic E-state index is 9.89. The molecule has 1 unspecified atom stereocenters. The molecular weight excluding hydrogens is 218 g/mol. The molecule has 2 rings (SSSR count). The molecule has 92 valence electrons. The van der Waals surface area contributed by atoms with Crippen LogP contribution in [0.2, 0.25) is 0 Å². The first-order chi connectivity index (χ1) is 8.02. The summed E-state index contributed by atoms with van der Waals surface area (Å²) in [6.07, 6.45) is 0.773. The molecule has 0 radical (unpaired) electrons. The second-order valence-corrected chi connectivity index (χ2v) is 4.70. The molecule has 0 aliphatic carbocycles. The lowest BCUT2D eigenvalue weighted by Gasteiger charge is -2.20. The van der Waals surface area contributed by atoms with Crippen molar-refractivity contribution >= 4 is 11.5 Å². The Morgan fingerprint density at radius 1 is 1.41 bits per heavy atom. The number of rotatable bonds is 2. The van der Waals surface area contributed by atoms with E-state index in [1.807, 2.05) is 19.1 Å². The summed E-state index contributed by atoms with van der Waals surface area (Å²) in [6, 6.07) is 7.43. The predicted molar refractivity (Wildman–Crippen MR) is 66.4 cm³/mol. The van der Waals surface area contributed by atoms with Crippen LogP contribution in [0.25, 0.3) is 0 Å². The van der Waals surface area contributed by atoms with Crippen molar-refractivity contribution in [2.24, 2.45) is 10.9 Å². The van der Waals surface area contributed by atoms with Gasteiger partial charge in [-0.1, -0.05) is 5.16 Å². The minimum absolute atomic E-state index is 0.102. The van der Waals surface area contributed by atoms with Crippen LogP contribution >= 0.6 is 0 Å². The highest BCUT2D eigenvalue weighted by atomic mass is 16.4. The topological polar surface area (TPSA) is 82.1 Å². The van der Waals surface area contributed by atoms with Crippen molar-refractivity contribution < 1.29 is 10.3 Å². The van der Waals surface area contributed by atoms with E-state index >= 15 is 0 Å². The minimum Gasteiger partial charge on any atom is -0.409 e. The zero-order valence-corrected chi connectivity index (χ0v) is 9.80. The molecule has 5 nitrogen and oxygen atoms in total. The third-order valence-electron chi connectivity index (χ3n) is 3.09. The van der Waals surface area contributed by atoms with Crippen molar-refractivity contribution in [3.63, 3.8) is 0 Å². The monoisotopic (exact) mass is 235 g/mol. The second-order valence-electron chi connectivity index (χ2n) is 4.70. The van der Waals surface area contributed by atoms with E-state index in [2.05, 4.69) is 10.1 Å². The van der Waals surface area contributed by atoms with Gasteiger partial charge in [0.2, 0.25) is 0 Å². The normalized spacial score (nSPS) is 25.3. The van der Waals surface area contributed by atoms with Gasteiger partial charge in [-0.2, -0.15) is 0 Å². The molecule has 17 heavy (non-hydrogen) atoms. The zero-order valence-electron chi connectivity index (χ0n) is 9.80. The lowest BCUT2D eigenvalue weighted by Crippen LogP contribution is -2.29. The molecule has 0 spiro atoms. The van der Waals surface area contributed by atoms with Crippen molar-refractivity contribution in [1.82, 2.24) is 0 Å². The van der Waals surface area contributed by atoms with Crippen LogP contribution in [0.1, 0.15) is 18.9 Å². The Morgan fingerprint density at radius 2 is 2.06 bits per heavy atom. The van der Waals surface area contributed by atoms with Gasteiger partial charge in [-0.05, 0) is 37.6 Å². The van der Waals surface area contributed by atoms with Crippen molar-refractivity contribution in [2.45, 2.75) is 18.9 Å². The molecule has 1 aromatic rings. The van der Waals surface area contributed by atoms with Crippen LogP contribution < -0.4 is 10.6 Å². The first kappa shape index (κ1) is 11.7. The van der Waals surface area contributed by atoms with Crippen molar-refractivity contribution in [3.8, 4) is 0 Å². The molecular formula is C12H17N3O2. The standard InChI is InChI=1S/C12H17N3O2/c1-12(16)6-7-15(8-12)10-4-2-9(3-5-10)11(13)14-17/h2-5,16-17H,6-8H2,1H3,(H2,13,14). The van der Waals surface area contributed by atoms with Crippen molar-refractivity contribution in [3.05, 3.63) is 29.8 Å². The van der Waals surface area contributed by atoms with Crippen LogP contribution in [0.15, 0.2) is 29.4 Å². The van der Waals surface area contributed by atoms with Crippen LogP contribution in [-0.2, 0) is 0 Å². The van der Waals surface area contributed by atoms with Crippen LogP contribution in [0, 0.1) is 0 Å². The fraction of sp³-hybridized carbons (Fsp3) is 0.417. The van der Waals surface area contributed by atoms with Gasteiger partial charge in [0.15, 0.2) is 5.84 Å². The Labute approximate surface area is 100 Å². The molecule has 1 aliphatic rings. The maximum absolute atomic E-state index is 9.89. The lowest BCUT2D eigenvalue weighted by molar-refractivity contribution is 0.0839. The highest BCUT2D eigenvalue weighted by molar-refractivity contribution is 5.97. The Bertz CT molecular complexity index is 426. The third-order valence-corrected chi connectivity index (χ3v) is 3.09. The molecule has 0 saturated carbocycles. The first-order valence-electron chi connectivity index (χ1n) is 5.57. The van der Waals surface area contributed by atoms with E-state index in [1.54, 1.807) is 12.1 Å². The lowest BCUT2D eigenvalue weighted by atomic mass is 10.1. The largest absolute Gasteiger partial charge is 0.409 e. The third kappa shape index (κ3) is 2.50. The SMILES string of the molecule is CC1(O)CCN(c2ccc(/C(N)=N/O)cc2)C1. The quantitative estimate of drug-likeness (QED) is 0.306. The van der Waals surface area contributed by atoms with Gasteiger partial charge < -0.3 is 20.9 Å². The van der Waals surface area contributed by atoms with Crippen LogP contribution in [0.5, 0.6) is 0 Å². The van der Waals surface area contributed by atoms with Gasteiger partial charge in [-0.25, -0.2) is 0 Å². The molecule has 4 N–H and O–H groups in total. The minimum atomic E-state index is -0.607. The fourth-order valence-electron chi connectivity index (χ4n) is 2.07. The first-order valence-corrected chi connectivity index (χ1v) is 5.57. The summed E-state index contributed by atoms with van der Waals surface area (Å²) in [5.74, 6) is 0.102. The van der Waals surface area contributed by atoms with E-state index in [1.165, 1.54) is 0 Å². The van der Waals surface area contributed by atoms with Gasteiger partial charge in [0.25, 0.3) is 0 Å². The summed E-state index contributed by atoms with van der Waals surface area (Å²) >= 11 is 0. The average Bonchev–Trinajstić information content (AvgIpc) is 2.69. The molecule has 0 aromatic heterocycles. The number of hydrogen-bond donors (Lipinski definition) is 3. The molecule has 0 amide bonds. The number of aliphatic hydroxyl groups is 1. The number of hydrogen-bond acceptors (Lipinski definition) is 4. The van der Waals surface area contributed by atoms with E-state index in [0.717, 1.165) is 18.7 Å². The number of β-amino-alcohol motifs (C(OH)–C–C–N with tert-alkyl or cyclic N) is 1. The van der Waals surface area contributed by atoms with Crippen molar-refractivity contribution in [1.29, 1.82) is 0 Å². The van der Waals surface area contributed by atoms with Crippen molar-refractivity contribution in [2.75, 3.05) is 18.0 Å². The zero-order chi connectivity index (χ0) is 12.5. The number of benzene rings is 1. The summed E-state index contributed by atoms with van der Waals surface area (Å²) in [6.45, 7) is 3.32. The van der Waals surface area contributed by atoms with Gasteiger partial charge in [0.05, 0.1) is 5.60 Å². The number of oxime groups is 1. The van der Waals surface area contributed by atoms with E-state index in [4.69, 9.17) is 10.9 Å². The summed E-state index contributed by atoms with van der Waals surface area (Å²) in [7, 11) is 0. The van der Waals surface area contributed by atoms with Gasteiger partial charge in [-0.3, -0.25) is 0 Å². The molecule has 1 fully saturated rings. The average molecular weight is 235 g/mol. The Kier molecular flexibility index (Phi) is 2.93. The maximum Gasteiger partial charge on any atom is 0.170 e. The molecule has 0 bridgehead atoms. The highest BCUT2D eigenvalue weighted by Crippen LogP contribution is 2.26. The smallest absolute Gasteiger partial charge is 0.170 e. The van der Waals surface area contributed by atoms with E-state index < -0.39 is 5.60 Å². The van der Waals surface area contributed by atoms with Crippen LogP contribution in [0.3, 0.4) is 0 Å². The van der Waals surface area contributed by atoms with E-state index in [0.29, 0.717) is 12.1 Å². The van der Waals surface area contributed by atoms with E-state index in [9.17, 15) is 5.11 Å². The van der Waals surface area contributed by atoms with Crippen LogP contribution in [-0.4, -0.2) is 34.8 Å².